The maximum absolute atomic E-state index is 7.70. The van der Waals surface area contributed by atoms with E-state index in [1.165, 1.54) is 0 Å². The van der Waals surface area contributed by atoms with Crippen molar-refractivity contribution in [1.82, 2.24) is 0 Å². The van der Waals surface area contributed by atoms with Crippen LogP contribution in [0.3, 0.4) is 0 Å². The molecule has 0 aromatic carbocycles. The largest absolute Gasteiger partial charge is 0.224 e. The number of rotatable bonds is 8. The third-order valence-corrected chi connectivity index (χ3v) is 1.49. The maximum atomic E-state index is 7.70. The zero-order valence-electron chi connectivity index (χ0n) is 6.02. The molecule has 1 N–H and O–H groups in total. The number of hydrogen-bond acceptors (Lipinski definition) is 7. The van der Waals surface area contributed by atoms with Gasteiger partial charge in [-0.05, 0) is 6.42 Å². The molecule has 0 saturated heterocycles. The van der Waals surface area contributed by atoms with E-state index in [9.17, 15) is 0 Å². The van der Waals surface area contributed by atoms with Crippen molar-refractivity contribution in [3.63, 3.8) is 0 Å². The number of hydrogen-bond donors (Lipinski definition) is 1. The molecular formula is C4H10O5S2. The van der Waals surface area contributed by atoms with Crippen LogP contribution in [0.1, 0.15) is 6.42 Å². The molecule has 0 aromatic heterocycles. The first-order valence-corrected chi connectivity index (χ1v) is 4.90. The Morgan fingerprint density at radius 3 is 2.82 bits per heavy atom. The fourth-order valence-electron chi connectivity index (χ4n) is 0.314. The summed E-state index contributed by atoms with van der Waals surface area (Å²) in [5, 5.41) is 11.1. The molecule has 0 aromatic rings. The van der Waals surface area contributed by atoms with Crippen molar-refractivity contribution in [1.29, 1.82) is 0 Å². The molecule has 5 nitrogen and oxygen atoms in total. The molecule has 0 aliphatic rings. The Bertz CT molecular complexity index is 65.5. The lowest BCUT2D eigenvalue weighted by atomic mass is 10.5. The topological polar surface area (TPSA) is 57.2 Å². The smallest absolute Gasteiger partial charge is 0.0843 e. The lowest BCUT2D eigenvalue weighted by Gasteiger charge is -1.98. The molecule has 0 aliphatic carbocycles. The molecule has 0 unspecified atom stereocenters. The Morgan fingerprint density at radius 1 is 1.36 bits per heavy atom. The van der Waals surface area contributed by atoms with Gasteiger partial charge in [-0.15, -0.1) is 4.33 Å². The van der Waals surface area contributed by atoms with Gasteiger partial charge in [-0.2, -0.15) is 4.33 Å². The van der Waals surface area contributed by atoms with Crippen LogP contribution in [0.5, 0.6) is 0 Å². The van der Waals surface area contributed by atoms with E-state index in [2.05, 4.69) is 18.6 Å². The fourth-order valence-corrected chi connectivity index (χ4v) is 0.825. The summed E-state index contributed by atoms with van der Waals surface area (Å²) in [7, 11) is 0. The van der Waals surface area contributed by atoms with Crippen LogP contribution in [0.4, 0.5) is 0 Å². The summed E-state index contributed by atoms with van der Waals surface area (Å²) in [6.45, 7) is 0.489. The summed E-state index contributed by atoms with van der Waals surface area (Å²) < 4.78 is 8.64. The predicted octanol–water partition coefficient (Wildman–Crippen LogP) is 1.67. The minimum absolute atomic E-state index is 0.489. The van der Waals surface area contributed by atoms with Gasteiger partial charge in [0.1, 0.15) is 0 Å². The van der Waals surface area contributed by atoms with Crippen molar-refractivity contribution in [2.24, 2.45) is 0 Å². The van der Waals surface area contributed by atoms with E-state index in [0.29, 0.717) is 12.4 Å². The average molecular weight is 202 g/mol. The quantitative estimate of drug-likeness (QED) is 0.278. The zero-order valence-corrected chi connectivity index (χ0v) is 7.65. The van der Waals surface area contributed by atoms with Crippen LogP contribution in [0, 0.1) is 0 Å². The standard InChI is InChI=1S/C4H10O5S2/c1-10-8-6-3-2-4-11-9-7-5/h5H,2-4H2,1H3. The van der Waals surface area contributed by atoms with E-state index >= 15 is 0 Å². The first-order valence-electron chi connectivity index (χ1n) is 2.83. The molecule has 0 fully saturated rings. The van der Waals surface area contributed by atoms with Gasteiger partial charge in [-0.1, -0.05) is 5.04 Å². The van der Waals surface area contributed by atoms with E-state index in [1.807, 2.05) is 0 Å². The summed E-state index contributed by atoms with van der Waals surface area (Å²) in [4.78, 5) is 4.65. The minimum Gasteiger partial charge on any atom is -0.224 e. The summed E-state index contributed by atoms with van der Waals surface area (Å²) in [6.07, 6.45) is 2.52. The molecule has 0 rings (SSSR count). The fraction of sp³-hybridized carbons (Fsp3) is 1.00. The van der Waals surface area contributed by atoms with E-state index in [1.54, 1.807) is 6.26 Å². The Morgan fingerprint density at radius 2 is 2.18 bits per heavy atom. The zero-order chi connectivity index (χ0) is 8.36. The third kappa shape index (κ3) is 10.5. The lowest BCUT2D eigenvalue weighted by Crippen LogP contribution is -1.93. The molecule has 0 bridgehead atoms. The molecule has 11 heavy (non-hydrogen) atoms. The summed E-state index contributed by atoms with van der Waals surface area (Å²) in [5.74, 6) is 0.665. The molecule has 0 radical (unpaired) electrons. The molecule has 0 amide bonds. The van der Waals surface area contributed by atoms with Crippen molar-refractivity contribution < 1.29 is 23.9 Å². The minimum atomic E-state index is 0.489. The van der Waals surface area contributed by atoms with Gasteiger partial charge in [0.05, 0.1) is 6.61 Å². The van der Waals surface area contributed by atoms with Crippen LogP contribution in [-0.4, -0.2) is 23.9 Å². The first kappa shape index (κ1) is 11.5. The summed E-state index contributed by atoms with van der Waals surface area (Å²) in [5.41, 5.74) is 0. The second-order valence-corrected chi connectivity index (χ2v) is 2.62. The van der Waals surface area contributed by atoms with Gasteiger partial charge in [-0.25, -0.2) is 10.1 Å². The molecule has 68 valence electrons. The van der Waals surface area contributed by atoms with Crippen molar-refractivity contribution in [2.75, 3.05) is 18.6 Å². The molecule has 0 heterocycles. The second-order valence-electron chi connectivity index (χ2n) is 1.37. The second kappa shape index (κ2) is 10.5. The molecule has 0 saturated carbocycles. The SMILES string of the molecule is CSOOCCCSOOO. The molecule has 0 aliphatic heterocycles. The van der Waals surface area contributed by atoms with Crippen molar-refractivity contribution in [2.45, 2.75) is 6.42 Å². The Labute approximate surface area is 73.5 Å². The highest BCUT2D eigenvalue weighted by atomic mass is 32.2. The van der Waals surface area contributed by atoms with Crippen LogP contribution >= 0.6 is 24.1 Å². The summed E-state index contributed by atoms with van der Waals surface area (Å²) in [6, 6.07) is 0. The van der Waals surface area contributed by atoms with E-state index in [4.69, 9.17) is 5.26 Å². The van der Waals surface area contributed by atoms with Gasteiger partial charge in [0.2, 0.25) is 0 Å². The van der Waals surface area contributed by atoms with Gasteiger partial charge < -0.3 is 0 Å². The van der Waals surface area contributed by atoms with E-state index < -0.39 is 0 Å². The molecule has 7 heteroatoms. The molecule has 0 spiro atoms. The monoisotopic (exact) mass is 202 g/mol. The van der Waals surface area contributed by atoms with Crippen LogP contribution in [0.15, 0.2) is 0 Å². The summed E-state index contributed by atoms with van der Waals surface area (Å²) >= 11 is 2.14. The van der Waals surface area contributed by atoms with Crippen LogP contribution < -0.4 is 0 Å². The Balaban J connectivity index is 2.69. The highest BCUT2D eigenvalue weighted by Crippen LogP contribution is 2.04. The van der Waals surface area contributed by atoms with Crippen LogP contribution in [0.25, 0.3) is 0 Å². The molecule has 0 atom stereocenters. The van der Waals surface area contributed by atoms with E-state index in [0.717, 1.165) is 30.5 Å². The van der Waals surface area contributed by atoms with Crippen LogP contribution in [0.2, 0.25) is 0 Å². The Hall–Kier alpha value is 0.500. The van der Waals surface area contributed by atoms with Crippen LogP contribution in [-0.2, 0) is 18.6 Å². The highest BCUT2D eigenvalue weighted by Gasteiger charge is 1.91. The maximum Gasteiger partial charge on any atom is 0.0843 e. The molecular weight excluding hydrogens is 192 g/mol. The van der Waals surface area contributed by atoms with Gasteiger partial charge in [0.25, 0.3) is 0 Å². The van der Waals surface area contributed by atoms with Gasteiger partial charge in [0, 0.05) is 36.1 Å². The van der Waals surface area contributed by atoms with Gasteiger partial charge >= 0.3 is 0 Å². The van der Waals surface area contributed by atoms with Crippen molar-refractivity contribution >= 4 is 24.1 Å². The lowest BCUT2D eigenvalue weighted by molar-refractivity contribution is -0.432. The Kier molecular flexibility index (Phi) is 11.0. The predicted molar refractivity (Wildman–Crippen MR) is 42.4 cm³/mol. The third-order valence-electron chi connectivity index (χ3n) is 0.650. The van der Waals surface area contributed by atoms with Crippen molar-refractivity contribution in [3.05, 3.63) is 0 Å². The van der Waals surface area contributed by atoms with Gasteiger partial charge in [0.15, 0.2) is 0 Å². The highest BCUT2D eigenvalue weighted by molar-refractivity contribution is 7.94. The van der Waals surface area contributed by atoms with E-state index in [-0.39, 0.29) is 0 Å². The average Bonchev–Trinajstić information content (AvgIpc) is 2.03. The van der Waals surface area contributed by atoms with Crippen molar-refractivity contribution in [3.8, 4) is 0 Å². The normalized spacial score (nSPS) is 10.4. The first-order chi connectivity index (χ1) is 5.41. The van der Waals surface area contributed by atoms with Gasteiger partial charge in [-0.3, -0.25) is 0 Å².